The van der Waals surface area contributed by atoms with Gasteiger partial charge in [0.2, 0.25) is 0 Å². The summed E-state index contributed by atoms with van der Waals surface area (Å²) in [5.74, 6) is -0.0115. The normalized spacial score (nSPS) is 22.0. The fourth-order valence-corrected chi connectivity index (χ4v) is 4.05. The van der Waals surface area contributed by atoms with Gasteiger partial charge in [0, 0.05) is 18.2 Å². The van der Waals surface area contributed by atoms with E-state index < -0.39 is 32.0 Å². The SMILES string of the molecule is C=C(/C=C\C)OP(NCC(=O)OC(C)C)OCC1CC(C)C(n2ccc(=O)[nH]c2=O)O1. The van der Waals surface area contributed by atoms with Crippen LogP contribution in [0.1, 0.15) is 40.3 Å². The number of nitrogens with one attached hydrogen (secondary N) is 2. The molecular weight excluding hydrogens is 425 g/mol. The fraction of sp³-hybridized carbons (Fsp3) is 0.550. The Morgan fingerprint density at radius 1 is 1.48 bits per heavy atom. The number of ether oxygens (including phenoxy) is 2. The standard InChI is InChI=1S/C20H30N3O7P/c1-6-7-15(5)30-31(21-11-18(25)28-13(2)3)27-12-16-10-14(4)19(29-16)23-9-8-17(24)22-20(23)26/h6-9,13-14,16,19,21H,5,10-12H2,1-4H3,(H,22,24,26)/b7-6-. The number of carbonyl (C=O) groups is 1. The van der Waals surface area contributed by atoms with E-state index in [1.54, 1.807) is 26.0 Å². The molecule has 4 unspecified atom stereocenters. The second-order valence-electron chi connectivity index (χ2n) is 7.36. The Hall–Kier alpha value is -2.26. The molecule has 0 amide bonds. The van der Waals surface area contributed by atoms with Gasteiger partial charge in [-0.3, -0.25) is 19.1 Å². The maximum Gasteiger partial charge on any atom is 0.330 e. The molecule has 11 heteroatoms. The minimum Gasteiger partial charge on any atom is -0.462 e. The summed E-state index contributed by atoms with van der Waals surface area (Å²) in [5, 5.41) is 2.91. The molecule has 2 N–H and O–H groups in total. The molecule has 0 aromatic carbocycles. The van der Waals surface area contributed by atoms with E-state index in [1.807, 2.05) is 13.8 Å². The van der Waals surface area contributed by atoms with Crippen molar-refractivity contribution in [2.24, 2.45) is 5.92 Å². The molecule has 2 rings (SSSR count). The largest absolute Gasteiger partial charge is 0.462 e. The van der Waals surface area contributed by atoms with E-state index in [0.29, 0.717) is 12.2 Å². The van der Waals surface area contributed by atoms with Crippen LogP contribution in [0.5, 0.6) is 0 Å². The van der Waals surface area contributed by atoms with Gasteiger partial charge in [-0.15, -0.1) is 0 Å². The number of nitrogens with zero attached hydrogens (tertiary/aromatic N) is 1. The lowest BCUT2D eigenvalue weighted by molar-refractivity contribution is -0.145. The number of aromatic nitrogens is 2. The van der Waals surface area contributed by atoms with Crippen LogP contribution in [0.4, 0.5) is 0 Å². The van der Waals surface area contributed by atoms with E-state index in [1.165, 1.54) is 16.8 Å². The third-order valence-corrected chi connectivity index (χ3v) is 5.43. The van der Waals surface area contributed by atoms with Gasteiger partial charge in [-0.2, -0.15) is 0 Å². The lowest BCUT2D eigenvalue weighted by Crippen LogP contribution is -2.33. The maximum atomic E-state index is 12.1. The van der Waals surface area contributed by atoms with Crippen LogP contribution in [-0.2, 0) is 23.3 Å². The zero-order valence-electron chi connectivity index (χ0n) is 18.2. The number of hydrogen-bond acceptors (Lipinski definition) is 8. The Bertz CT molecular complexity index is 895. The molecule has 172 valence electrons. The third kappa shape index (κ3) is 8.06. The molecule has 1 aliphatic heterocycles. The number of aromatic amines is 1. The number of hydrogen-bond donors (Lipinski definition) is 2. The summed E-state index contributed by atoms with van der Waals surface area (Å²) >= 11 is 0. The summed E-state index contributed by atoms with van der Waals surface area (Å²) in [4.78, 5) is 37.4. The van der Waals surface area contributed by atoms with Crippen LogP contribution in [0.3, 0.4) is 0 Å². The minimum atomic E-state index is -1.68. The number of carbonyl (C=O) groups excluding carboxylic acids is 1. The van der Waals surface area contributed by atoms with Crippen LogP contribution >= 0.6 is 8.53 Å². The monoisotopic (exact) mass is 455 g/mol. The fourth-order valence-electron chi connectivity index (χ4n) is 3.00. The van der Waals surface area contributed by atoms with E-state index in [0.717, 1.165) is 0 Å². The van der Waals surface area contributed by atoms with Gasteiger partial charge in [0.05, 0.1) is 18.8 Å². The maximum absolute atomic E-state index is 12.1. The lowest BCUT2D eigenvalue weighted by Gasteiger charge is -2.21. The quantitative estimate of drug-likeness (QED) is 0.226. The molecule has 0 bridgehead atoms. The van der Waals surface area contributed by atoms with Crippen LogP contribution in [-0.4, -0.2) is 40.9 Å². The van der Waals surface area contributed by atoms with E-state index in [9.17, 15) is 14.4 Å². The van der Waals surface area contributed by atoms with E-state index in [-0.39, 0.29) is 31.3 Å². The van der Waals surface area contributed by atoms with Gasteiger partial charge in [-0.25, -0.2) is 9.88 Å². The van der Waals surface area contributed by atoms with Crippen LogP contribution in [0.25, 0.3) is 0 Å². The predicted molar refractivity (Wildman–Crippen MR) is 116 cm³/mol. The molecule has 1 aromatic rings. The van der Waals surface area contributed by atoms with Crippen molar-refractivity contribution in [2.75, 3.05) is 13.2 Å². The Labute approximate surface area is 182 Å². The van der Waals surface area contributed by atoms with Crippen molar-refractivity contribution in [3.8, 4) is 0 Å². The number of allylic oxidation sites excluding steroid dienone is 2. The van der Waals surface area contributed by atoms with Crippen molar-refractivity contribution in [1.29, 1.82) is 0 Å². The van der Waals surface area contributed by atoms with E-state index in [2.05, 4.69) is 16.7 Å². The molecule has 1 saturated heterocycles. The van der Waals surface area contributed by atoms with Gasteiger partial charge >= 0.3 is 20.2 Å². The van der Waals surface area contributed by atoms with Crippen LogP contribution in [0.15, 0.2) is 46.3 Å². The molecule has 10 nitrogen and oxygen atoms in total. The molecule has 1 aromatic heterocycles. The molecule has 1 aliphatic rings. The zero-order valence-corrected chi connectivity index (χ0v) is 19.1. The minimum absolute atomic E-state index is 0.0244. The van der Waals surface area contributed by atoms with Gasteiger partial charge in [-0.05, 0) is 33.3 Å². The molecule has 4 atom stereocenters. The lowest BCUT2D eigenvalue weighted by atomic mass is 10.1. The second kappa shape index (κ2) is 12.0. The molecule has 0 radical (unpaired) electrons. The van der Waals surface area contributed by atoms with E-state index >= 15 is 0 Å². The first-order valence-corrected chi connectivity index (χ1v) is 11.2. The molecule has 1 fully saturated rings. The Kier molecular flexibility index (Phi) is 9.64. The van der Waals surface area contributed by atoms with Crippen molar-refractivity contribution >= 4 is 14.5 Å². The van der Waals surface area contributed by atoms with Crippen LogP contribution in [0, 0.1) is 5.92 Å². The van der Waals surface area contributed by atoms with Gasteiger partial charge in [-0.1, -0.05) is 19.6 Å². The highest BCUT2D eigenvalue weighted by Gasteiger charge is 2.35. The van der Waals surface area contributed by atoms with Crippen LogP contribution < -0.4 is 16.3 Å². The highest BCUT2D eigenvalue weighted by atomic mass is 31.2. The van der Waals surface area contributed by atoms with E-state index in [4.69, 9.17) is 18.5 Å². The predicted octanol–water partition coefficient (Wildman–Crippen LogP) is 2.35. The van der Waals surface area contributed by atoms with Crippen molar-refractivity contribution in [2.45, 2.75) is 52.6 Å². The van der Waals surface area contributed by atoms with Crippen molar-refractivity contribution in [3.05, 3.63) is 57.6 Å². The molecule has 0 spiro atoms. The summed E-state index contributed by atoms with van der Waals surface area (Å²) in [6, 6.07) is 1.28. The Balaban J connectivity index is 1.96. The van der Waals surface area contributed by atoms with Crippen molar-refractivity contribution in [3.63, 3.8) is 0 Å². The van der Waals surface area contributed by atoms with Gasteiger partial charge < -0.3 is 18.5 Å². The first kappa shape index (κ1) is 25.0. The van der Waals surface area contributed by atoms with Gasteiger partial charge in [0.15, 0.2) is 0 Å². The molecule has 31 heavy (non-hydrogen) atoms. The third-order valence-electron chi connectivity index (χ3n) is 4.23. The smallest absolute Gasteiger partial charge is 0.330 e. The zero-order chi connectivity index (χ0) is 23.0. The highest BCUT2D eigenvalue weighted by molar-refractivity contribution is 7.45. The first-order chi connectivity index (χ1) is 14.7. The summed E-state index contributed by atoms with van der Waals surface area (Å²) in [6.07, 6.45) is 4.48. The van der Waals surface area contributed by atoms with Gasteiger partial charge in [0.25, 0.3) is 5.56 Å². The molecule has 2 heterocycles. The average Bonchev–Trinajstić information content (AvgIpc) is 3.04. The summed E-state index contributed by atoms with van der Waals surface area (Å²) < 4.78 is 24.0. The highest BCUT2D eigenvalue weighted by Crippen LogP contribution is 2.39. The number of H-pyrrole nitrogens is 1. The Morgan fingerprint density at radius 2 is 2.23 bits per heavy atom. The summed E-state index contributed by atoms with van der Waals surface area (Å²) in [6.45, 7) is 11.2. The van der Waals surface area contributed by atoms with Crippen molar-refractivity contribution in [1.82, 2.24) is 14.6 Å². The topological polar surface area (TPSA) is 121 Å². The number of esters is 1. The van der Waals surface area contributed by atoms with Crippen molar-refractivity contribution < 1.29 is 23.3 Å². The second-order valence-corrected chi connectivity index (χ2v) is 8.63. The molecule has 0 saturated carbocycles. The molecular formula is C20H30N3O7P. The summed E-state index contributed by atoms with van der Waals surface area (Å²) in [5.41, 5.74) is -0.984. The molecule has 0 aliphatic carbocycles. The number of rotatable bonds is 11. The van der Waals surface area contributed by atoms with Crippen LogP contribution in [0.2, 0.25) is 0 Å². The first-order valence-electron chi connectivity index (χ1n) is 10.0. The van der Waals surface area contributed by atoms with Gasteiger partial charge in [0.1, 0.15) is 18.5 Å². The average molecular weight is 455 g/mol. The Morgan fingerprint density at radius 3 is 2.87 bits per heavy atom. The summed E-state index contributed by atoms with van der Waals surface area (Å²) in [7, 11) is -1.68.